The first-order valence-corrected chi connectivity index (χ1v) is 10.1. The molecule has 0 unspecified atom stereocenters. The van der Waals surface area contributed by atoms with E-state index in [1.54, 1.807) is 24.3 Å². The summed E-state index contributed by atoms with van der Waals surface area (Å²) in [5, 5.41) is 8.08. The Balaban J connectivity index is 2.11. The third-order valence-corrected chi connectivity index (χ3v) is 4.70. The zero-order valence-corrected chi connectivity index (χ0v) is 17.9. The molecule has 9 nitrogen and oxygen atoms in total. The highest BCUT2D eigenvalue weighted by molar-refractivity contribution is 5.84. The molecule has 0 bridgehead atoms. The maximum atomic E-state index is 12.9. The van der Waals surface area contributed by atoms with E-state index >= 15 is 0 Å². The largest absolute Gasteiger partial charge is 0.468 e. The lowest BCUT2D eigenvalue weighted by atomic mass is 10.0. The van der Waals surface area contributed by atoms with E-state index in [9.17, 15) is 19.2 Å². The molecule has 0 fully saturated rings. The minimum absolute atomic E-state index is 0.0388. The fourth-order valence-electron chi connectivity index (χ4n) is 3.07. The molecule has 2 aromatic carbocycles. The van der Waals surface area contributed by atoms with Crippen molar-refractivity contribution in [2.75, 3.05) is 20.2 Å². The molecule has 32 heavy (non-hydrogen) atoms. The number of carbonyl (C=O) groups is 4. The van der Waals surface area contributed by atoms with Gasteiger partial charge in [-0.05, 0) is 11.1 Å². The second kappa shape index (κ2) is 12.9. The number of rotatable bonds is 11. The molecule has 0 aliphatic heterocycles. The average Bonchev–Trinajstić information content (AvgIpc) is 2.82. The van der Waals surface area contributed by atoms with Crippen LogP contribution < -0.4 is 21.7 Å². The van der Waals surface area contributed by atoms with Gasteiger partial charge in [-0.2, -0.15) is 0 Å². The number of carbonyl (C=O) groups excluding carboxylic acids is 4. The second-order valence-corrected chi connectivity index (χ2v) is 7.03. The van der Waals surface area contributed by atoms with Crippen molar-refractivity contribution in [3.63, 3.8) is 0 Å². The standard InChI is InChI=1S/C23H28N4O5/c1-32-23(31)15-25-20(28)12-18(16-8-4-2-5-9-16)26-21(29)13-19(27-22(30)14-24)17-10-6-3-7-11-17/h2-11,18-19H,12-15,24H2,1H3,(H,25,28)(H,26,29)(H,27,30)/t18-,19-/m0/s1. The van der Waals surface area contributed by atoms with Crippen molar-refractivity contribution in [1.29, 1.82) is 0 Å². The topological polar surface area (TPSA) is 140 Å². The van der Waals surface area contributed by atoms with Crippen molar-refractivity contribution in [2.45, 2.75) is 24.9 Å². The van der Waals surface area contributed by atoms with E-state index in [-0.39, 0.29) is 37.7 Å². The van der Waals surface area contributed by atoms with E-state index in [0.29, 0.717) is 0 Å². The lowest BCUT2D eigenvalue weighted by Gasteiger charge is -2.22. The van der Waals surface area contributed by atoms with Gasteiger partial charge in [0.25, 0.3) is 0 Å². The molecule has 0 aromatic heterocycles. The molecule has 0 radical (unpaired) electrons. The van der Waals surface area contributed by atoms with E-state index < -0.39 is 24.0 Å². The summed E-state index contributed by atoms with van der Waals surface area (Å²) in [7, 11) is 1.23. The van der Waals surface area contributed by atoms with Crippen LogP contribution in [0.1, 0.15) is 36.1 Å². The molecular formula is C23H28N4O5. The molecule has 0 heterocycles. The van der Waals surface area contributed by atoms with Crippen LogP contribution in [0.2, 0.25) is 0 Å². The zero-order chi connectivity index (χ0) is 23.3. The van der Waals surface area contributed by atoms with E-state index in [1.807, 2.05) is 36.4 Å². The van der Waals surface area contributed by atoms with Gasteiger partial charge in [0.2, 0.25) is 17.7 Å². The van der Waals surface area contributed by atoms with Crippen molar-refractivity contribution >= 4 is 23.7 Å². The number of nitrogens with one attached hydrogen (secondary N) is 3. The van der Waals surface area contributed by atoms with Gasteiger partial charge in [-0.25, -0.2) is 0 Å². The molecule has 0 aliphatic carbocycles. The first-order valence-electron chi connectivity index (χ1n) is 10.1. The SMILES string of the molecule is COC(=O)CNC(=O)C[C@H](NC(=O)C[C@H](NC(=O)CN)c1ccccc1)c1ccccc1. The Morgan fingerprint density at radius 2 is 1.25 bits per heavy atom. The van der Waals surface area contributed by atoms with E-state index in [1.165, 1.54) is 7.11 Å². The Labute approximate surface area is 186 Å². The summed E-state index contributed by atoms with van der Waals surface area (Å²) in [4.78, 5) is 48.3. The minimum Gasteiger partial charge on any atom is -0.468 e. The van der Waals surface area contributed by atoms with Gasteiger partial charge in [0.1, 0.15) is 6.54 Å². The van der Waals surface area contributed by atoms with Crippen molar-refractivity contribution in [2.24, 2.45) is 5.73 Å². The van der Waals surface area contributed by atoms with Crippen LogP contribution in [0.3, 0.4) is 0 Å². The van der Waals surface area contributed by atoms with Gasteiger partial charge in [0.15, 0.2) is 0 Å². The van der Waals surface area contributed by atoms with Gasteiger partial charge < -0.3 is 26.4 Å². The quantitative estimate of drug-likeness (QED) is 0.380. The number of ether oxygens (including phenoxy) is 1. The van der Waals surface area contributed by atoms with Crippen LogP contribution in [0.5, 0.6) is 0 Å². The number of hydrogen-bond acceptors (Lipinski definition) is 6. The van der Waals surface area contributed by atoms with Crippen molar-refractivity contribution in [1.82, 2.24) is 16.0 Å². The Kier molecular flexibility index (Phi) is 9.86. The predicted molar refractivity (Wildman–Crippen MR) is 118 cm³/mol. The van der Waals surface area contributed by atoms with Gasteiger partial charge in [0.05, 0.1) is 38.6 Å². The number of esters is 1. The Hall–Kier alpha value is -3.72. The lowest BCUT2D eigenvalue weighted by Crippen LogP contribution is -2.39. The molecule has 0 spiro atoms. The molecule has 5 N–H and O–H groups in total. The van der Waals surface area contributed by atoms with Crippen molar-refractivity contribution < 1.29 is 23.9 Å². The highest BCUT2D eigenvalue weighted by atomic mass is 16.5. The van der Waals surface area contributed by atoms with Gasteiger partial charge >= 0.3 is 5.97 Å². The summed E-state index contributed by atoms with van der Waals surface area (Å²) < 4.78 is 4.51. The molecule has 0 saturated carbocycles. The van der Waals surface area contributed by atoms with Gasteiger partial charge in [-0.1, -0.05) is 60.7 Å². The molecule has 2 atom stereocenters. The van der Waals surface area contributed by atoms with Crippen LogP contribution in [0, 0.1) is 0 Å². The third-order valence-electron chi connectivity index (χ3n) is 4.70. The van der Waals surface area contributed by atoms with E-state index in [0.717, 1.165) is 11.1 Å². The fraction of sp³-hybridized carbons (Fsp3) is 0.304. The number of hydrogen-bond donors (Lipinski definition) is 4. The monoisotopic (exact) mass is 440 g/mol. The summed E-state index contributed by atoms with van der Waals surface area (Å²) in [6.07, 6.45) is -0.110. The smallest absolute Gasteiger partial charge is 0.325 e. The van der Waals surface area contributed by atoms with Crippen molar-refractivity contribution in [3.05, 3.63) is 71.8 Å². The van der Waals surface area contributed by atoms with E-state index in [4.69, 9.17) is 5.73 Å². The Morgan fingerprint density at radius 1 is 0.781 bits per heavy atom. The summed E-state index contributed by atoms with van der Waals surface area (Å²) in [6.45, 7) is -0.454. The molecule has 0 aliphatic rings. The third kappa shape index (κ3) is 8.19. The predicted octanol–water partition coefficient (Wildman–Crippen LogP) is 0.730. The van der Waals surface area contributed by atoms with Gasteiger partial charge in [-0.3, -0.25) is 19.2 Å². The normalized spacial score (nSPS) is 12.2. The van der Waals surface area contributed by atoms with Crippen LogP contribution in [0.15, 0.2) is 60.7 Å². The summed E-state index contributed by atoms with van der Waals surface area (Å²) >= 11 is 0. The highest BCUT2D eigenvalue weighted by Gasteiger charge is 2.22. The van der Waals surface area contributed by atoms with Crippen LogP contribution in [-0.4, -0.2) is 43.9 Å². The molecule has 170 valence electrons. The molecule has 2 aromatic rings. The maximum absolute atomic E-state index is 12.9. The Morgan fingerprint density at radius 3 is 1.72 bits per heavy atom. The van der Waals surface area contributed by atoms with Gasteiger partial charge in [0, 0.05) is 0 Å². The minimum atomic E-state index is -0.622. The molecule has 3 amide bonds. The Bertz CT molecular complexity index is 905. The summed E-state index contributed by atoms with van der Waals surface area (Å²) in [5.41, 5.74) is 6.90. The van der Waals surface area contributed by atoms with E-state index in [2.05, 4.69) is 20.7 Å². The number of benzene rings is 2. The second-order valence-electron chi connectivity index (χ2n) is 7.03. The zero-order valence-electron chi connectivity index (χ0n) is 17.9. The maximum Gasteiger partial charge on any atom is 0.325 e. The molecule has 2 rings (SSSR count). The molecule has 0 saturated heterocycles. The number of amides is 3. The molecular weight excluding hydrogens is 412 g/mol. The fourth-order valence-corrected chi connectivity index (χ4v) is 3.07. The van der Waals surface area contributed by atoms with Crippen LogP contribution >= 0.6 is 0 Å². The summed E-state index contributed by atoms with van der Waals surface area (Å²) in [5.74, 6) is -1.72. The first-order chi connectivity index (χ1) is 15.4. The lowest BCUT2D eigenvalue weighted by molar-refractivity contribution is -0.141. The van der Waals surface area contributed by atoms with Crippen LogP contribution in [0.25, 0.3) is 0 Å². The number of nitrogens with two attached hydrogens (primary N) is 1. The van der Waals surface area contributed by atoms with Gasteiger partial charge in [-0.15, -0.1) is 0 Å². The average molecular weight is 441 g/mol. The van der Waals surface area contributed by atoms with Crippen LogP contribution in [-0.2, 0) is 23.9 Å². The van der Waals surface area contributed by atoms with Crippen molar-refractivity contribution in [3.8, 4) is 0 Å². The number of methoxy groups -OCH3 is 1. The highest BCUT2D eigenvalue weighted by Crippen LogP contribution is 2.20. The van der Waals surface area contributed by atoms with Crippen LogP contribution in [0.4, 0.5) is 0 Å². The first kappa shape index (κ1) is 24.5. The summed E-state index contributed by atoms with van der Waals surface area (Å²) in [6, 6.07) is 16.9. The molecule has 9 heteroatoms.